The van der Waals surface area contributed by atoms with Gasteiger partial charge >= 0.3 is 0 Å². The van der Waals surface area contributed by atoms with E-state index in [4.69, 9.17) is 11.5 Å². The van der Waals surface area contributed by atoms with Gasteiger partial charge in [0.2, 0.25) is 0 Å². The maximum atomic E-state index is 12.0. The Balaban J connectivity index is 1.08. The van der Waals surface area contributed by atoms with Gasteiger partial charge in [0.05, 0.1) is 11.4 Å². The molecule has 4 aromatic carbocycles. The van der Waals surface area contributed by atoms with Crippen LogP contribution in [0.4, 0.5) is 17.1 Å². The summed E-state index contributed by atoms with van der Waals surface area (Å²) in [5, 5.41) is 10.3. The van der Waals surface area contributed by atoms with Crippen molar-refractivity contribution < 1.29 is 25.9 Å². The smallest absolute Gasteiger partial charge is 0.295 e. The van der Waals surface area contributed by atoms with Crippen molar-refractivity contribution in [2.45, 2.75) is 54.7 Å². The van der Waals surface area contributed by atoms with E-state index in [-0.39, 0.29) is 21.2 Å². The van der Waals surface area contributed by atoms with Crippen LogP contribution in [0.3, 0.4) is 0 Å². The summed E-state index contributed by atoms with van der Waals surface area (Å²) in [6, 6.07) is 16.2. The molecule has 0 unspecified atom stereocenters. The summed E-state index contributed by atoms with van der Waals surface area (Å²) in [6.07, 6.45) is 14.9. The number of azo groups is 1. The van der Waals surface area contributed by atoms with Crippen molar-refractivity contribution in [3.05, 3.63) is 113 Å². The Morgan fingerprint density at radius 1 is 0.653 bits per heavy atom. The number of rotatable bonds is 10. The highest BCUT2D eigenvalue weighted by Crippen LogP contribution is 2.37. The number of benzene rings is 4. The number of fused-ring (bicyclic) bond motifs is 2. The van der Waals surface area contributed by atoms with E-state index in [1.165, 1.54) is 23.3 Å². The summed E-state index contributed by atoms with van der Waals surface area (Å²) in [7, 11) is -8.90. The highest BCUT2D eigenvalue weighted by atomic mass is 32.2. The zero-order valence-corrected chi connectivity index (χ0v) is 28.1. The second-order valence-electron chi connectivity index (χ2n) is 11.9. The lowest BCUT2D eigenvalue weighted by molar-refractivity contribution is 0.482. The van der Waals surface area contributed by atoms with Gasteiger partial charge in [0.25, 0.3) is 20.2 Å². The van der Waals surface area contributed by atoms with Gasteiger partial charge in [-0.3, -0.25) is 14.1 Å². The lowest BCUT2D eigenvalue weighted by atomic mass is 9.90. The molecule has 2 aliphatic carbocycles. The van der Waals surface area contributed by atoms with Crippen LogP contribution in [0.25, 0.3) is 21.5 Å². The summed E-state index contributed by atoms with van der Waals surface area (Å²) in [4.78, 5) is 4.23. The molecular formula is C36H35N5O6S2. The number of nitrogens with zero attached hydrogens (tertiary/aromatic N) is 3. The summed E-state index contributed by atoms with van der Waals surface area (Å²) >= 11 is 0. The molecule has 13 heteroatoms. The van der Waals surface area contributed by atoms with Crippen molar-refractivity contribution in [2.24, 2.45) is 15.2 Å². The zero-order chi connectivity index (χ0) is 34.8. The van der Waals surface area contributed by atoms with Gasteiger partial charge in [-0.15, -0.1) is 5.11 Å². The first kappa shape index (κ1) is 33.9. The largest absolute Gasteiger partial charge is 0.398 e. The van der Waals surface area contributed by atoms with E-state index in [9.17, 15) is 25.9 Å². The van der Waals surface area contributed by atoms with Crippen LogP contribution in [0.2, 0.25) is 0 Å². The maximum Gasteiger partial charge on any atom is 0.295 e. The third kappa shape index (κ3) is 7.55. The zero-order valence-electron chi connectivity index (χ0n) is 26.5. The number of unbranched alkanes of at least 4 members (excludes halogenated alkanes) is 1. The number of anilines is 2. The molecule has 0 heterocycles. The molecule has 2 aliphatic rings. The molecule has 0 bridgehead atoms. The third-order valence-corrected chi connectivity index (χ3v) is 10.5. The monoisotopic (exact) mass is 697 g/mol. The summed E-state index contributed by atoms with van der Waals surface area (Å²) in [5.41, 5.74) is 18.4. The molecule has 6 N–H and O–H groups in total. The van der Waals surface area contributed by atoms with Crippen LogP contribution in [0.15, 0.2) is 133 Å². The van der Waals surface area contributed by atoms with Crippen molar-refractivity contribution >= 4 is 65.1 Å². The molecule has 4 aromatic rings. The molecule has 0 atom stereocenters. The van der Waals surface area contributed by atoms with Crippen molar-refractivity contribution in [1.29, 1.82) is 0 Å². The van der Waals surface area contributed by atoms with Gasteiger partial charge in [-0.1, -0.05) is 60.7 Å². The molecule has 0 saturated carbocycles. The van der Waals surface area contributed by atoms with Gasteiger partial charge in [0, 0.05) is 39.1 Å². The Hall–Kier alpha value is -4.95. The summed E-state index contributed by atoms with van der Waals surface area (Å²) in [5.74, 6) is 0. The molecule has 0 aromatic heterocycles. The van der Waals surface area contributed by atoms with Gasteiger partial charge in [0.15, 0.2) is 0 Å². The van der Waals surface area contributed by atoms with Gasteiger partial charge in [-0.2, -0.15) is 21.9 Å². The topological polar surface area (TPSA) is 198 Å². The van der Waals surface area contributed by atoms with Gasteiger partial charge in [-0.25, -0.2) is 0 Å². The SMILES string of the molecule is Nc1c(CCCC=NC2=CC=C(C3=CC=C(N=Nc4cc(S(=O)(=O)O)c5ccccc5c4N)CC3)CC2)cc(S(=O)(=O)O)c2ccccc12. The van der Waals surface area contributed by atoms with Crippen LogP contribution >= 0.6 is 0 Å². The van der Waals surface area contributed by atoms with Gasteiger partial charge < -0.3 is 11.5 Å². The molecule has 0 aliphatic heterocycles. The molecule has 11 nitrogen and oxygen atoms in total. The van der Waals surface area contributed by atoms with E-state index in [1.807, 2.05) is 24.4 Å². The predicted octanol–water partition coefficient (Wildman–Crippen LogP) is 8.04. The Labute approximate surface area is 284 Å². The minimum Gasteiger partial charge on any atom is -0.398 e. The molecule has 49 heavy (non-hydrogen) atoms. The molecule has 0 radical (unpaired) electrons. The maximum absolute atomic E-state index is 12.0. The Kier molecular flexibility index (Phi) is 9.61. The lowest BCUT2D eigenvalue weighted by Crippen LogP contribution is -2.04. The van der Waals surface area contributed by atoms with E-state index in [0.29, 0.717) is 58.5 Å². The number of hydrogen-bond acceptors (Lipinski definition) is 9. The molecule has 0 fully saturated rings. The number of aryl methyl sites for hydroxylation is 1. The number of allylic oxidation sites excluding steroid dienone is 8. The van der Waals surface area contributed by atoms with E-state index in [0.717, 1.165) is 30.7 Å². The summed E-state index contributed by atoms with van der Waals surface area (Å²) in [6.45, 7) is 0. The highest BCUT2D eigenvalue weighted by Gasteiger charge is 2.20. The van der Waals surface area contributed by atoms with E-state index < -0.39 is 20.2 Å². The quantitative estimate of drug-likeness (QED) is 0.0419. The van der Waals surface area contributed by atoms with Crippen LogP contribution in [0.5, 0.6) is 0 Å². The Bertz CT molecular complexity index is 2390. The molecule has 0 amide bonds. The average molecular weight is 698 g/mol. The highest BCUT2D eigenvalue weighted by molar-refractivity contribution is 7.86. The molecule has 0 saturated heterocycles. The van der Waals surface area contributed by atoms with Gasteiger partial charge in [0.1, 0.15) is 15.5 Å². The number of nitrogen functional groups attached to an aromatic ring is 2. The molecule has 6 rings (SSSR count). The first-order chi connectivity index (χ1) is 23.4. The number of hydrogen-bond donors (Lipinski definition) is 4. The van der Waals surface area contributed by atoms with E-state index >= 15 is 0 Å². The fraction of sp³-hybridized carbons (Fsp3) is 0.194. The minimum atomic E-state index is -4.50. The minimum absolute atomic E-state index is 0.136. The van der Waals surface area contributed by atoms with Crippen molar-refractivity contribution in [3.8, 4) is 0 Å². The first-order valence-electron chi connectivity index (χ1n) is 15.7. The van der Waals surface area contributed by atoms with Crippen LogP contribution in [-0.2, 0) is 26.7 Å². The Morgan fingerprint density at radius 2 is 1.18 bits per heavy atom. The fourth-order valence-corrected chi connectivity index (χ4v) is 7.61. The molecule has 0 spiro atoms. The van der Waals surface area contributed by atoms with Crippen LogP contribution in [-0.4, -0.2) is 32.2 Å². The molecular weight excluding hydrogens is 663 g/mol. The predicted molar refractivity (Wildman–Crippen MR) is 193 cm³/mol. The number of aliphatic imine (C=N–C) groups is 1. The second-order valence-corrected chi connectivity index (χ2v) is 14.7. The van der Waals surface area contributed by atoms with Crippen molar-refractivity contribution in [2.75, 3.05) is 11.5 Å². The normalized spacial score (nSPS) is 15.9. The van der Waals surface area contributed by atoms with Crippen LogP contribution in [0.1, 0.15) is 44.1 Å². The standard InChI is InChI=1S/C36H35N5O6S2/c37-35-25(21-33(48(42,43)44)28-8-1-3-10-30(28)35)7-5-6-20-39-26-16-12-23(13-17-26)24-14-18-27(19-15-24)40-41-32-22-34(49(45,46)47)29-9-2-4-11-31(29)36(32)38/h1-4,8-12,14,16,18,20-22H,5-7,13,15,17,19,37-38H2,(H,42,43,44)(H,45,46,47). The van der Waals surface area contributed by atoms with Crippen molar-refractivity contribution in [1.82, 2.24) is 0 Å². The van der Waals surface area contributed by atoms with Crippen LogP contribution < -0.4 is 11.5 Å². The third-order valence-electron chi connectivity index (χ3n) is 8.71. The summed E-state index contributed by atoms with van der Waals surface area (Å²) < 4.78 is 67.5. The van der Waals surface area contributed by atoms with Gasteiger partial charge in [-0.05, 0) is 85.9 Å². The molecule has 252 valence electrons. The van der Waals surface area contributed by atoms with Crippen molar-refractivity contribution in [3.63, 3.8) is 0 Å². The van der Waals surface area contributed by atoms with Crippen LogP contribution in [0, 0.1) is 0 Å². The van der Waals surface area contributed by atoms with E-state index in [1.54, 1.807) is 48.5 Å². The first-order valence-corrected chi connectivity index (χ1v) is 18.6. The van der Waals surface area contributed by atoms with E-state index in [2.05, 4.69) is 21.3 Å². The second kappa shape index (κ2) is 13.9. The average Bonchev–Trinajstić information content (AvgIpc) is 3.08. The lowest BCUT2D eigenvalue weighted by Gasteiger charge is -2.18. The fourth-order valence-electron chi connectivity index (χ4n) is 6.15. The Morgan fingerprint density at radius 3 is 1.73 bits per heavy atom. The number of nitrogens with two attached hydrogens (primary N) is 2.